The van der Waals surface area contributed by atoms with E-state index in [1.807, 2.05) is 6.92 Å². The van der Waals surface area contributed by atoms with Crippen LogP contribution in [0.25, 0.3) is 0 Å². The third kappa shape index (κ3) is 5.37. The number of hydrogen-bond donors (Lipinski definition) is 2. The Morgan fingerprint density at radius 1 is 1.50 bits per heavy atom. The number of carbonyl (C=O) groups is 1. The van der Waals surface area contributed by atoms with Crippen LogP contribution in [0.2, 0.25) is 0 Å². The highest BCUT2D eigenvalue weighted by Gasteiger charge is 1.94. The van der Waals surface area contributed by atoms with E-state index in [2.05, 4.69) is 15.6 Å². The maximum atomic E-state index is 10.6. The van der Waals surface area contributed by atoms with Crippen molar-refractivity contribution in [1.29, 1.82) is 0 Å². The van der Waals surface area contributed by atoms with Crippen LogP contribution in [0.3, 0.4) is 0 Å². The number of hydroxylamine groups is 1. The Balaban J connectivity index is 3.09. The van der Waals surface area contributed by atoms with Gasteiger partial charge in [0.25, 0.3) is 0 Å². The lowest BCUT2D eigenvalue weighted by atomic mass is 10.5. The largest absolute Gasteiger partial charge is 0.338 e. The average molecular weight is 146 g/mol. The summed E-state index contributed by atoms with van der Waals surface area (Å²) in [4.78, 5) is 15.2. The fourth-order valence-corrected chi connectivity index (χ4v) is 0.412. The number of carbonyl (C=O) groups excluding carboxylic acids is 1. The van der Waals surface area contributed by atoms with Crippen LogP contribution in [0.1, 0.15) is 20.3 Å². The summed E-state index contributed by atoms with van der Waals surface area (Å²) >= 11 is 0. The standard InChI is InChI=1S/C6H14N2O2/c1-3-5-7-6(9)8-10-4-2/h3-5H2,1-2H3,(H2,7,8,9). The Kier molecular flexibility index (Phi) is 5.86. The second-order valence-electron chi connectivity index (χ2n) is 1.79. The summed E-state index contributed by atoms with van der Waals surface area (Å²) in [5.41, 5.74) is 2.22. The molecule has 0 heterocycles. The Morgan fingerprint density at radius 3 is 2.70 bits per heavy atom. The van der Waals surface area contributed by atoms with Gasteiger partial charge in [0.2, 0.25) is 0 Å². The van der Waals surface area contributed by atoms with Gasteiger partial charge < -0.3 is 5.32 Å². The monoisotopic (exact) mass is 146 g/mol. The van der Waals surface area contributed by atoms with Gasteiger partial charge in [-0.25, -0.2) is 10.3 Å². The molecule has 4 heteroatoms. The van der Waals surface area contributed by atoms with Crippen LogP contribution < -0.4 is 10.8 Å². The van der Waals surface area contributed by atoms with Crippen molar-refractivity contribution in [2.75, 3.05) is 13.2 Å². The lowest BCUT2D eigenvalue weighted by Crippen LogP contribution is -2.35. The van der Waals surface area contributed by atoms with Crippen LogP contribution in [0.15, 0.2) is 0 Å². The molecule has 0 atom stereocenters. The minimum Gasteiger partial charge on any atom is -0.336 e. The van der Waals surface area contributed by atoms with Gasteiger partial charge in [-0.2, -0.15) is 0 Å². The summed E-state index contributed by atoms with van der Waals surface area (Å²) in [5, 5.41) is 2.59. The van der Waals surface area contributed by atoms with Gasteiger partial charge in [-0.3, -0.25) is 4.84 Å². The van der Waals surface area contributed by atoms with Gasteiger partial charge in [-0.1, -0.05) is 6.92 Å². The van der Waals surface area contributed by atoms with Gasteiger partial charge in [0.1, 0.15) is 0 Å². The number of rotatable bonds is 4. The van der Waals surface area contributed by atoms with Crippen LogP contribution in [0.4, 0.5) is 4.79 Å². The molecule has 0 aliphatic carbocycles. The molecule has 0 aliphatic heterocycles. The highest BCUT2D eigenvalue weighted by atomic mass is 16.7. The second-order valence-corrected chi connectivity index (χ2v) is 1.79. The molecule has 0 bridgehead atoms. The zero-order valence-corrected chi connectivity index (χ0v) is 6.44. The summed E-state index contributed by atoms with van der Waals surface area (Å²) in [6.45, 7) is 4.96. The van der Waals surface area contributed by atoms with E-state index >= 15 is 0 Å². The highest BCUT2D eigenvalue weighted by molar-refractivity contribution is 5.72. The molecule has 2 N–H and O–H groups in total. The van der Waals surface area contributed by atoms with Crippen molar-refractivity contribution in [3.63, 3.8) is 0 Å². The van der Waals surface area contributed by atoms with E-state index in [4.69, 9.17) is 0 Å². The quantitative estimate of drug-likeness (QED) is 0.572. The first-order chi connectivity index (χ1) is 4.81. The SMILES string of the molecule is CCCNC(=O)NOCC. The predicted octanol–water partition coefficient (Wildman–Crippen LogP) is 0.647. The Bertz CT molecular complexity index is 85.7. The first kappa shape index (κ1) is 9.23. The molecule has 0 aromatic rings. The molecule has 0 saturated carbocycles. The van der Waals surface area contributed by atoms with Crippen molar-refractivity contribution >= 4 is 6.03 Å². The molecule has 4 nitrogen and oxygen atoms in total. The fraction of sp³-hybridized carbons (Fsp3) is 0.833. The van der Waals surface area contributed by atoms with Crippen LogP contribution in [0, 0.1) is 0 Å². The summed E-state index contributed by atoms with van der Waals surface area (Å²) in [6, 6.07) is -0.274. The van der Waals surface area contributed by atoms with Crippen molar-refractivity contribution in [2.24, 2.45) is 0 Å². The zero-order valence-electron chi connectivity index (χ0n) is 6.44. The maximum absolute atomic E-state index is 10.6. The lowest BCUT2D eigenvalue weighted by Gasteiger charge is -2.03. The summed E-state index contributed by atoms with van der Waals surface area (Å²) in [7, 11) is 0. The first-order valence-corrected chi connectivity index (χ1v) is 3.46. The predicted molar refractivity (Wildman–Crippen MR) is 38.5 cm³/mol. The minimum atomic E-state index is -0.274. The smallest absolute Gasteiger partial charge is 0.336 e. The van der Waals surface area contributed by atoms with Crippen molar-refractivity contribution in [3.8, 4) is 0 Å². The third-order valence-corrected chi connectivity index (χ3v) is 0.845. The Morgan fingerprint density at radius 2 is 2.20 bits per heavy atom. The number of hydrogen-bond acceptors (Lipinski definition) is 2. The zero-order chi connectivity index (χ0) is 7.82. The molecule has 0 saturated heterocycles. The Hall–Kier alpha value is -0.770. The number of amides is 2. The molecular formula is C6H14N2O2. The molecule has 0 radical (unpaired) electrons. The number of urea groups is 1. The molecule has 0 aromatic heterocycles. The van der Waals surface area contributed by atoms with Crippen LogP contribution in [-0.4, -0.2) is 19.2 Å². The average Bonchev–Trinajstić information content (AvgIpc) is 1.97. The highest BCUT2D eigenvalue weighted by Crippen LogP contribution is 1.71. The van der Waals surface area contributed by atoms with E-state index in [1.54, 1.807) is 6.92 Å². The fourth-order valence-electron chi connectivity index (χ4n) is 0.412. The van der Waals surface area contributed by atoms with Gasteiger partial charge in [-0.15, -0.1) is 0 Å². The molecule has 0 aliphatic rings. The summed E-state index contributed by atoms with van der Waals surface area (Å²) in [5.74, 6) is 0. The van der Waals surface area contributed by atoms with Gasteiger partial charge in [-0.05, 0) is 13.3 Å². The van der Waals surface area contributed by atoms with Crippen molar-refractivity contribution < 1.29 is 9.63 Å². The van der Waals surface area contributed by atoms with Gasteiger partial charge in [0.05, 0.1) is 6.61 Å². The molecule has 2 amide bonds. The van der Waals surface area contributed by atoms with E-state index in [0.29, 0.717) is 13.2 Å². The van der Waals surface area contributed by atoms with Crippen LogP contribution >= 0.6 is 0 Å². The second kappa shape index (κ2) is 6.35. The van der Waals surface area contributed by atoms with Gasteiger partial charge in [0, 0.05) is 6.54 Å². The third-order valence-electron chi connectivity index (χ3n) is 0.845. The molecule has 0 rings (SSSR count). The summed E-state index contributed by atoms with van der Waals surface area (Å²) in [6.07, 6.45) is 0.930. The van der Waals surface area contributed by atoms with E-state index in [-0.39, 0.29) is 6.03 Å². The number of nitrogens with one attached hydrogen (secondary N) is 2. The van der Waals surface area contributed by atoms with Crippen molar-refractivity contribution in [3.05, 3.63) is 0 Å². The Labute approximate surface area is 60.9 Å². The van der Waals surface area contributed by atoms with Crippen LogP contribution in [-0.2, 0) is 4.84 Å². The molecule has 0 fully saturated rings. The van der Waals surface area contributed by atoms with Gasteiger partial charge >= 0.3 is 6.03 Å². The summed E-state index contributed by atoms with van der Waals surface area (Å²) < 4.78 is 0. The van der Waals surface area contributed by atoms with E-state index in [0.717, 1.165) is 6.42 Å². The van der Waals surface area contributed by atoms with E-state index in [9.17, 15) is 4.79 Å². The molecule has 60 valence electrons. The van der Waals surface area contributed by atoms with E-state index < -0.39 is 0 Å². The molecular weight excluding hydrogens is 132 g/mol. The molecule has 0 spiro atoms. The van der Waals surface area contributed by atoms with Crippen LogP contribution in [0.5, 0.6) is 0 Å². The van der Waals surface area contributed by atoms with Gasteiger partial charge in [0.15, 0.2) is 0 Å². The molecule has 0 aromatic carbocycles. The minimum absolute atomic E-state index is 0.274. The molecule has 10 heavy (non-hydrogen) atoms. The molecule has 0 unspecified atom stereocenters. The van der Waals surface area contributed by atoms with Crippen molar-refractivity contribution in [1.82, 2.24) is 10.8 Å². The lowest BCUT2D eigenvalue weighted by molar-refractivity contribution is 0.0707. The van der Waals surface area contributed by atoms with E-state index in [1.165, 1.54) is 0 Å². The van der Waals surface area contributed by atoms with Crippen molar-refractivity contribution in [2.45, 2.75) is 20.3 Å². The topological polar surface area (TPSA) is 50.4 Å². The maximum Gasteiger partial charge on any atom is 0.338 e. The normalized spacial score (nSPS) is 9.00. The first-order valence-electron chi connectivity index (χ1n) is 3.46.